The van der Waals surface area contributed by atoms with E-state index in [0.717, 1.165) is 28.2 Å². The third kappa shape index (κ3) is 1.03. The van der Waals surface area contributed by atoms with Crippen LogP contribution in [0.2, 0.25) is 0 Å². The highest BCUT2D eigenvalue weighted by atomic mass is 16.1. The lowest BCUT2D eigenvalue weighted by atomic mass is 10.2. The summed E-state index contributed by atoms with van der Waals surface area (Å²) in [6.07, 6.45) is 2.56. The number of carbonyl (C=O) groups is 1. The minimum atomic E-state index is 0.684. The van der Waals surface area contributed by atoms with Gasteiger partial charge in [0.1, 0.15) is 0 Å². The van der Waals surface area contributed by atoms with Gasteiger partial charge >= 0.3 is 0 Å². The smallest absolute Gasteiger partial charge is 0.152 e. The zero-order valence-corrected chi connectivity index (χ0v) is 8.84. The maximum atomic E-state index is 11.0. The molecular formula is C13H10N2O. The molecule has 0 aliphatic rings. The van der Waals surface area contributed by atoms with Gasteiger partial charge in [-0.05, 0) is 12.1 Å². The highest BCUT2D eigenvalue weighted by molar-refractivity contribution is 6.10. The number of hydrogen-bond donors (Lipinski definition) is 0. The van der Waals surface area contributed by atoms with E-state index in [4.69, 9.17) is 0 Å². The van der Waals surface area contributed by atoms with Crippen LogP contribution in [0.3, 0.4) is 0 Å². The zero-order chi connectivity index (χ0) is 11.1. The first kappa shape index (κ1) is 9.09. The Hall–Kier alpha value is -2.16. The van der Waals surface area contributed by atoms with Gasteiger partial charge in [0, 0.05) is 24.2 Å². The largest absolute Gasteiger partial charge is 0.342 e. The first-order valence-electron chi connectivity index (χ1n) is 5.10. The van der Waals surface area contributed by atoms with Gasteiger partial charge in [-0.3, -0.25) is 9.78 Å². The van der Waals surface area contributed by atoms with Crippen molar-refractivity contribution in [1.82, 2.24) is 9.55 Å². The Morgan fingerprint density at radius 2 is 2.06 bits per heavy atom. The van der Waals surface area contributed by atoms with Crippen molar-refractivity contribution < 1.29 is 4.79 Å². The van der Waals surface area contributed by atoms with Crippen molar-refractivity contribution in [3.63, 3.8) is 0 Å². The second-order valence-electron chi connectivity index (χ2n) is 3.79. The van der Waals surface area contributed by atoms with E-state index in [2.05, 4.69) is 4.98 Å². The van der Waals surface area contributed by atoms with Crippen molar-refractivity contribution in [3.05, 3.63) is 42.1 Å². The molecule has 0 atom stereocenters. The van der Waals surface area contributed by atoms with Gasteiger partial charge in [-0.1, -0.05) is 18.2 Å². The predicted molar refractivity (Wildman–Crippen MR) is 63.6 cm³/mol. The summed E-state index contributed by atoms with van der Waals surface area (Å²) < 4.78 is 2.02. The molecule has 3 nitrogen and oxygen atoms in total. The zero-order valence-electron chi connectivity index (χ0n) is 8.84. The standard InChI is InChI=1S/C13H10N2O/c1-15-11-5-3-2-4-10(11)12-13(15)9(8-16)6-7-14-12/h2-8H,1H3. The molecule has 3 aromatic rings. The predicted octanol–water partition coefficient (Wildman–Crippen LogP) is 2.54. The fourth-order valence-electron chi connectivity index (χ4n) is 2.20. The lowest BCUT2D eigenvalue weighted by Gasteiger charge is -1.98. The van der Waals surface area contributed by atoms with Gasteiger partial charge in [-0.2, -0.15) is 0 Å². The summed E-state index contributed by atoms with van der Waals surface area (Å²) in [4.78, 5) is 15.4. The SMILES string of the molecule is Cn1c2ccccc2c2nccc(C=O)c21. The fraction of sp³-hybridized carbons (Fsp3) is 0.0769. The summed E-state index contributed by atoms with van der Waals surface area (Å²) >= 11 is 0. The van der Waals surface area contributed by atoms with E-state index < -0.39 is 0 Å². The quantitative estimate of drug-likeness (QED) is 0.578. The molecule has 0 radical (unpaired) electrons. The number of rotatable bonds is 1. The molecule has 16 heavy (non-hydrogen) atoms. The Bertz CT molecular complexity index is 698. The van der Waals surface area contributed by atoms with Gasteiger partial charge in [0.25, 0.3) is 0 Å². The van der Waals surface area contributed by atoms with E-state index >= 15 is 0 Å². The molecule has 3 heteroatoms. The van der Waals surface area contributed by atoms with Crippen LogP contribution < -0.4 is 0 Å². The van der Waals surface area contributed by atoms with Gasteiger partial charge in [0.15, 0.2) is 6.29 Å². The van der Waals surface area contributed by atoms with Gasteiger partial charge in [-0.25, -0.2) is 0 Å². The van der Waals surface area contributed by atoms with E-state index in [1.165, 1.54) is 0 Å². The third-order valence-corrected chi connectivity index (χ3v) is 2.94. The van der Waals surface area contributed by atoms with E-state index in [-0.39, 0.29) is 0 Å². The Morgan fingerprint density at radius 3 is 2.88 bits per heavy atom. The minimum absolute atomic E-state index is 0.684. The molecule has 0 bridgehead atoms. The van der Waals surface area contributed by atoms with Crippen molar-refractivity contribution in [2.24, 2.45) is 7.05 Å². The Morgan fingerprint density at radius 1 is 1.25 bits per heavy atom. The van der Waals surface area contributed by atoms with Crippen molar-refractivity contribution in [3.8, 4) is 0 Å². The molecule has 2 aromatic heterocycles. The number of carbonyl (C=O) groups excluding carboxylic acids is 1. The molecule has 2 heterocycles. The normalized spacial score (nSPS) is 11.1. The van der Waals surface area contributed by atoms with Crippen molar-refractivity contribution >= 4 is 28.2 Å². The average Bonchev–Trinajstić information content (AvgIpc) is 2.64. The number of aldehydes is 1. The molecule has 0 saturated carbocycles. The molecular weight excluding hydrogens is 200 g/mol. The van der Waals surface area contributed by atoms with Crippen LogP contribution in [0, 0.1) is 0 Å². The second-order valence-corrected chi connectivity index (χ2v) is 3.79. The molecule has 0 fully saturated rings. The fourth-order valence-corrected chi connectivity index (χ4v) is 2.20. The minimum Gasteiger partial charge on any atom is -0.342 e. The number of nitrogens with zero attached hydrogens (tertiary/aromatic N) is 2. The molecule has 0 N–H and O–H groups in total. The molecule has 0 aliphatic carbocycles. The number of aryl methyl sites for hydroxylation is 1. The molecule has 0 amide bonds. The summed E-state index contributed by atoms with van der Waals surface area (Å²) in [6.45, 7) is 0. The molecule has 78 valence electrons. The monoisotopic (exact) mass is 210 g/mol. The lowest BCUT2D eigenvalue weighted by Crippen LogP contribution is -1.92. The summed E-state index contributed by atoms with van der Waals surface area (Å²) in [5, 5.41) is 1.09. The van der Waals surface area contributed by atoms with E-state index in [9.17, 15) is 4.79 Å². The van der Waals surface area contributed by atoms with Gasteiger partial charge in [0.05, 0.1) is 16.6 Å². The molecule has 0 saturated heterocycles. The van der Waals surface area contributed by atoms with E-state index in [1.54, 1.807) is 12.3 Å². The number of para-hydroxylation sites is 1. The average molecular weight is 210 g/mol. The summed E-state index contributed by atoms with van der Waals surface area (Å²) in [7, 11) is 1.96. The number of hydrogen-bond acceptors (Lipinski definition) is 2. The molecule has 3 rings (SSSR count). The Balaban J connectivity index is 2.66. The summed E-state index contributed by atoms with van der Waals surface area (Å²) in [5.74, 6) is 0. The van der Waals surface area contributed by atoms with Gasteiger partial charge in [0.2, 0.25) is 0 Å². The molecule has 0 aliphatic heterocycles. The van der Waals surface area contributed by atoms with Gasteiger partial charge in [-0.15, -0.1) is 0 Å². The molecule has 0 spiro atoms. The first-order valence-corrected chi connectivity index (χ1v) is 5.10. The highest BCUT2D eigenvalue weighted by Gasteiger charge is 2.11. The van der Waals surface area contributed by atoms with Crippen LogP contribution in [-0.2, 0) is 7.05 Å². The van der Waals surface area contributed by atoms with Crippen LogP contribution >= 0.6 is 0 Å². The van der Waals surface area contributed by atoms with Crippen molar-refractivity contribution in [1.29, 1.82) is 0 Å². The molecule has 0 unspecified atom stereocenters. The lowest BCUT2D eigenvalue weighted by molar-refractivity contribution is 0.112. The number of aromatic nitrogens is 2. The van der Waals surface area contributed by atoms with Crippen LogP contribution in [0.1, 0.15) is 10.4 Å². The number of fused-ring (bicyclic) bond motifs is 3. The Kier molecular flexibility index (Phi) is 1.80. The summed E-state index contributed by atoms with van der Waals surface area (Å²) in [5.41, 5.74) is 3.57. The number of pyridine rings is 1. The van der Waals surface area contributed by atoms with E-state index in [0.29, 0.717) is 5.56 Å². The van der Waals surface area contributed by atoms with Gasteiger partial charge < -0.3 is 4.57 Å². The van der Waals surface area contributed by atoms with Crippen molar-refractivity contribution in [2.75, 3.05) is 0 Å². The number of benzene rings is 1. The van der Waals surface area contributed by atoms with Crippen LogP contribution in [0.4, 0.5) is 0 Å². The van der Waals surface area contributed by atoms with Crippen LogP contribution in [-0.4, -0.2) is 15.8 Å². The maximum absolute atomic E-state index is 11.0. The van der Waals surface area contributed by atoms with E-state index in [1.807, 2.05) is 35.9 Å². The topological polar surface area (TPSA) is 34.9 Å². The van der Waals surface area contributed by atoms with Crippen LogP contribution in [0.5, 0.6) is 0 Å². The Labute approximate surface area is 92.3 Å². The highest BCUT2D eigenvalue weighted by Crippen LogP contribution is 2.27. The summed E-state index contributed by atoms with van der Waals surface area (Å²) in [6, 6.07) is 9.78. The first-order chi connectivity index (χ1) is 7.83. The maximum Gasteiger partial charge on any atom is 0.152 e. The van der Waals surface area contributed by atoms with Crippen LogP contribution in [0.25, 0.3) is 21.9 Å². The van der Waals surface area contributed by atoms with Crippen molar-refractivity contribution in [2.45, 2.75) is 0 Å². The second kappa shape index (κ2) is 3.17. The van der Waals surface area contributed by atoms with Crippen LogP contribution in [0.15, 0.2) is 36.5 Å². The third-order valence-electron chi connectivity index (χ3n) is 2.94. The molecule has 1 aromatic carbocycles.